The van der Waals surface area contributed by atoms with Crippen molar-refractivity contribution in [3.8, 4) is 0 Å². The summed E-state index contributed by atoms with van der Waals surface area (Å²) in [5.74, 6) is -1.41. The number of hydrogen-bond donors (Lipinski definition) is 1. The molecular formula is C30H40BrN3O4S. The highest BCUT2D eigenvalue weighted by molar-refractivity contribution is 9.09. The van der Waals surface area contributed by atoms with E-state index in [1.54, 1.807) is 45.7 Å². The number of fused-ring (bicyclic) bond motifs is 1. The zero-order valence-electron chi connectivity index (χ0n) is 23.0. The van der Waals surface area contributed by atoms with Crippen molar-refractivity contribution in [1.82, 2.24) is 14.7 Å². The van der Waals surface area contributed by atoms with Crippen LogP contribution in [0, 0.1) is 17.8 Å². The van der Waals surface area contributed by atoms with E-state index in [1.807, 2.05) is 44.2 Å². The molecule has 1 aromatic carbocycles. The Kier molecular flexibility index (Phi) is 9.33. The summed E-state index contributed by atoms with van der Waals surface area (Å²) in [6, 6.07) is 8.48. The number of hydrogen-bond acceptors (Lipinski definition) is 5. The average Bonchev–Trinajstić information content (AvgIpc) is 3.50. The SMILES string of the molecule is C=CCN(C)C(=O)[C@H]1[C@H]2C(=O)N([C@@H](CO)CC(C)C)C(C(=O)N(CC=C)Cc3ccccc3)C23CC(Br)[C@@H]1S3. The van der Waals surface area contributed by atoms with E-state index >= 15 is 0 Å². The number of amides is 3. The number of benzene rings is 1. The molecule has 212 valence electrons. The summed E-state index contributed by atoms with van der Waals surface area (Å²) in [6.45, 7) is 12.6. The number of likely N-dealkylation sites (tertiary alicyclic amines) is 1. The van der Waals surface area contributed by atoms with Crippen molar-refractivity contribution in [2.75, 3.05) is 26.7 Å². The van der Waals surface area contributed by atoms with Crippen molar-refractivity contribution in [2.45, 2.75) is 60.1 Å². The first-order valence-electron chi connectivity index (χ1n) is 13.7. The van der Waals surface area contributed by atoms with E-state index < -0.39 is 28.7 Å². The van der Waals surface area contributed by atoms with Gasteiger partial charge in [0, 0.05) is 36.8 Å². The lowest BCUT2D eigenvalue weighted by Gasteiger charge is -2.40. The maximum Gasteiger partial charge on any atom is 0.247 e. The van der Waals surface area contributed by atoms with Gasteiger partial charge in [-0.05, 0) is 24.3 Å². The van der Waals surface area contributed by atoms with Gasteiger partial charge in [0.15, 0.2) is 0 Å². The van der Waals surface area contributed by atoms with Crippen molar-refractivity contribution in [3.63, 3.8) is 0 Å². The van der Waals surface area contributed by atoms with Gasteiger partial charge in [0.05, 0.1) is 29.2 Å². The molecule has 0 radical (unpaired) electrons. The molecule has 3 amide bonds. The molecule has 1 N–H and O–H groups in total. The zero-order valence-corrected chi connectivity index (χ0v) is 25.4. The van der Waals surface area contributed by atoms with Crippen molar-refractivity contribution < 1.29 is 19.5 Å². The van der Waals surface area contributed by atoms with Crippen LogP contribution in [0.5, 0.6) is 0 Å². The number of aliphatic hydroxyl groups is 1. The van der Waals surface area contributed by atoms with E-state index in [1.165, 1.54) is 0 Å². The van der Waals surface area contributed by atoms with Gasteiger partial charge in [0.1, 0.15) is 6.04 Å². The molecule has 0 aromatic heterocycles. The van der Waals surface area contributed by atoms with Crippen molar-refractivity contribution in [2.24, 2.45) is 17.8 Å². The van der Waals surface area contributed by atoms with Crippen LogP contribution >= 0.6 is 27.7 Å². The predicted molar refractivity (Wildman–Crippen MR) is 159 cm³/mol. The van der Waals surface area contributed by atoms with Crippen LogP contribution in [0.25, 0.3) is 0 Å². The normalized spacial score (nSPS) is 29.8. The first kappa shape index (κ1) is 29.9. The van der Waals surface area contributed by atoms with Crippen LogP contribution in [-0.2, 0) is 20.9 Å². The van der Waals surface area contributed by atoms with Gasteiger partial charge in [-0.15, -0.1) is 24.9 Å². The molecule has 0 aliphatic carbocycles. The topological polar surface area (TPSA) is 81.2 Å². The number of alkyl halides is 1. The lowest BCUT2D eigenvalue weighted by molar-refractivity contribution is -0.147. The highest BCUT2D eigenvalue weighted by atomic mass is 79.9. The Hall–Kier alpha value is -2.10. The third-order valence-corrected chi connectivity index (χ3v) is 11.5. The van der Waals surface area contributed by atoms with Gasteiger partial charge >= 0.3 is 0 Å². The first-order chi connectivity index (χ1) is 18.6. The van der Waals surface area contributed by atoms with Gasteiger partial charge in [0.2, 0.25) is 17.7 Å². The van der Waals surface area contributed by atoms with Crippen LogP contribution in [0.2, 0.25) is 0 Å². The standard InChI is InChI=1S/C30H40BrN3O4S/c1-6-13-32(5)27(36)23-24-28(37)34(21(18-35)15-19(3)4)26(30(24)16-22(31)25(23)39-30)29(38)33(14-7-2)17-20-11-9-8-10-12-20/h6-12,19,21-26,35H,1-2,13-18H2,3-5H3/t21-,22?,23+,24+,25+,26?,30?/m1/s1. The van der Waals surface area contributed by atoms with Crippen molar-refractivity contribution >= 4 is 45.4 Å². The number of carbonyl (C=O) groups is 3. The lowest BCUT2D eigenvalue weighted by Crippen LogP contribution is -2.58. The Bertz CT molecular complexity index is 1100. The molecule has 4 rings (SSSR count). The number of halogens is 1. The molecule has 3 unspecified atom stereocenters. The Morgan fingerprint density at radius 2 is 1.87 bits per heavy atom. The molecule has 1 spiro atoms. The highest BCUT2D eigenvalue weighted by Gasteiger charge is 2.76. The molecule has 3 saturated heterocycles. The molecular weight excluding hydrogens is 578 g/mol. The molecule has 39 heavy (non-hydrogen) atoms. The second-order valence-electron chi connectivity index (χ2n) is 11.4. The van der Waals surface area contributed by atoms with Crippen molar-refractivity contribution in [1.29, 1.82) is 0 Å². The summed E-state index contributed by atoms with van der Waals surface area (Å²) in [6.07, 6.45) is 4.55. The highest BCUT2D eigenvalue weighted by Crippen LogP contribution is 2.68. The summed E-state index contributed by atoms with van der Waals surface area (Å²) in [4.78, 5) is 47.8. The zero-order chi connectivity index (χ0) is 28.5. The van der Waals surface area contributed by atoms with Crippen molar-refractivity contribution in [3.05, 3.63) is 61.2 Å². The summed E-state index contributed by atoms with van der Waals surface area (Å²) in [7, 11) is 1.73. The maximum atomic E-state index is 14.6. The van der Waals surface area contributed by atoms with E-state index in [-0.39, 0.29) is 40.3 Å². The Balaban J connectivity index is 1.80. The van der Waals surface area contributed by atoms with Crippen LogP contribution in [0.4, 0.5) is 0 Å². The smallest absolute Gasteiger partial charge is 0.247 e. The number of aliphatic hydroxyl groups excluding tert-OH is 1. The number of nitrogens with zero attached hydrogens (tertiary/aromatic N) is 3. The number of rotatable bonds is 12. The second kappa shape index (κ2) is 12.2. The van der Waals surface area contributed by atoms with Crippen LogP contribution in [0.15, 0.2) is 55.6 Å². The minimum Gasteiger partial charge on any atom is -0.394 e. The second-order valence-corrected chi connectivity index (χ2v) is 14.1. The Morgan fingerprint density at radius 3 is 2.46 bits per heavy atom. The molecule has 0 saturated carbocycles. The number of likely N-dealkylation sites (N-methyl/N-ethyl adjacent to an activating group) is 1. The summed E-state index contributed by atoms with van der Waals surface area (Å²) >= 11 is 5.45. The Labute approximate surface area is 244 Å². The number of thioether (sulfide) groups is 1. The van der Waals surface area contributed by atoms with Crippen LogP contribution in [0.3, 0.4) is 0 Å². The molecule has 3 heterocycles. The van der Waals surface area contributed by atoms with E-state index in [0.29, 0.717) is 32.5 Å². The van der Waals surface area contributed by atoms with Gasteiger partial charge in [-0.25, -0.2) is 0 Å². The van der Waals surface area contributed by atoms with Gasteiger partial charge < -0.3 is 19.8 Å². The monoisotopic (exact) mass is 617 g/mol. The Morgan fingerprint density at radius 1 is 1.21 bits per heavy atom. The third kappa shape index (κ3) is 5.34. The van der Waals surface area contributed by atoms with Gasteiger partial charge in [0.25, 0.3) is 0 Å². The van der Waals surface area contributed by atoms with Gasteiger partial charge in [-0.2, -0.15) is 0 Å². The summed E-state index contributed by atoms with van der Waals surface area (Å²) < 4.78 is -0.761. The number of carbonyl (C=O) groups excluding carboxylic acids is 3. The fourth-order valence-electron chi connectivity index (χ4n) is 6.75. The van der Waals surface area contributed by atoms with Crippen LogP contribution in [0.1, 0.15) is 32.3 Å². The van der Waals surface area contributed by atoms with Gasteiger partial charge in [-0.1, -0.05) is 72.3 Å². The fraction of sp³-hybridized carbons (Fsp3) is 0.567. The fourth-order valence-corrected chi connectivity index (χ4v) is 10.3. The average molecular weight is 619 g/mol. The molecule has 3 aliphatic heterocycles. The van der Waals surface area contributed by atoms with Crippen LogP contribution in [-0.4, -0.2) is 91.2 Å². The third-order valence-electron chi connectivity index (χ3n) is 8.25. The molecule has 3 fully saturated rings. The van der Waals surface area contributed by atoms with E-state index in [9.17, 15) is 19.5 Å². The molecule has 1 aromatic rings. The molecule has 2 bridgehead atoms. The maximum absolute atomic E-state index is 14.6. The van der Waals surface area contributed by atoms with Gasteiger partial charge in [-0.3, -0.25) is 14.4 Å². The molecule has 3 aliphatic rings. The minimum atomic E-state index is -0.785. The lowest BCUT2D eigenvalue weighted by atomic mass is 9.70. The van der Waals surface area contributed by atoms with E-state index in [0.717, 1.165) is 5.56 Å². The quantitative estimate of drug-likeness (QED) is 0.286. The van der Waals surface area contributed by atoms with E-state index in [2.05, 4.69) is 29.1 Å². The largest absolute Gasteiger partial charge is 0.394 e. The summed E-state index contributed by atoms with van der Waals surface area (Å²) in [5, 5.41) is 10.4. The predicted octanol–water partition coefficient (Wildman–Crippen LogP) is 3.72. The molecule has 7 nitrogen and oxygen atoms in total. The minimum absolute atomic E-state index is 0.00691. The summed E-state index contributed by atoms with van der Waals surface area (Å²) in [5.41, 5.74) is 0.986. The first-order valence-corrected chi connectivity index (χ1v) is 15.4. The molecule has 7 atom stereocenters. The van der Waals surface area contributed by atoms with Crippen LogP contribution < -0.4 is 0 Å². The van der Waals surface area contributed by atoms with E-state index in [4.69, 9.17) is 0 Å². The molecule has 9 heteroatoms.